The predicted molar refractivity (Wildman–Crippen MR) is 95.4 cm³/mol. The lowest BCUT2D eigenvalue weighted by Crippen LogP contribution is -2.56. The molecule has 1 aromatic heterocycles. The molecule has 1 aromatic carbocycles. The van der Waals surface area contributed by atoms with Crippen LogP contribution in [0.15, 0.2) is 43.0 Å². The molecule has 1 atom stereocenters. The first-order chi connectivity index (χ1) is 12.3. The van der Waals surface area contributed by atoms with Gasteiger partial charge in [-0.25, -0.2) is 9.97 Å². The number of hydrogen-bond acceptors (Lipinski definition) is 5. The Kier molecular flexibility index (Phi) is 4.68. The Morgan fingerprint density at radius 1 is 1.24 bits per heavy atom. The molecule has 2 saturated heterocycles. The van der Waals surface area contributed by atoms with Crippen LogP contribution >= 0.6 is 0 Å². The zero-order chi connectivity index (χ0) is 17.1. The van der Waals surface area contributed by atoms with Crippen molar-refractivity contribution in [2.75, 3.05) is 26.3 Å². The molecular weight excluding hydrogens is 314 g/mol. The maximum Gasteiger partial charge on any atom is 0.123 e. The lowest BCUT2D eigenvalue weighted by atomic mass is 9.77. The number of para-hydroxylation sites is 1. The highest BCUT2D eigenvalue weighted by atomic mass is 16.5. The number of rotatable bonds is 6. The topological polar surface area (TPSA) is 47.5 Å². The van der Waals surface area contributed by atoms with Gasteiger partial charge in [0, 0.05) is 49.4 Å². The molecule has 5 heteroatoms. The fourth-order valence-corrected chi connectivity index (χ4v) is 4.13. The summed E-state index contributed by atoms with van der Waals surface area (Å²) in [5.74, 6) is 1.01. The SMILES string of the molecule is CCOc1ccccc1CN1CC2(CO[C@@H](Cc3cncnc3)C2)C1. The molecule has 2 aliphatic heterocycles. The molecule has 0 aliphatic carbocycles. The zero-order valence-electron chi connectivity index (χ0n) is 14.7. The maximum atomic E-state index is 6.07. The van der Waals surface area contributed by atoms with E-state index in [4.69, 9.17) is 9.47 Å². The van der Waals surface area contributed by atoms with Gasteiger partial charge >= 0.3 is 0 Å². The third-order valence-corrected chi connectivity index (χ3v) is 5.15. The van der Waals surface area contributed by atoms with Gasteiger partial charge in [0.05, 0.1) is 19.3 Å². The third-order valence-electron chi connectivity index (χ3n) is 5.15. The van der Waals surface area contributed by atoms with E-state index in [0.29, 0.717) is 18.1 Å². The molecule has 0 radical (unpaired) electrons. The van der Waals surface area contributed by atoms with Gasteiger partial charge in [0.15, 0.2) is 0 Å². The molecule has 1 spiro atoms. The minimum Gasteiger partial charge on any atom is -0.494 e. The second-order valence-electron chi connectivity index (χ2n) is 7.27. The van der Waals surface area contributed by atoms with Crippen molar-refractivity contribution in [1.82, 2.24) is 14.9 Å². The van der Waals surface area contributed by atoms with E-state index in [2.05, 4.69) is 33.1 Å². The first-order valence-corrected chi connectivity index (χ1v) is 9.05. The Hall–Kier alpha value is -1.98. The summed E-state index contributed by atoms with van der Waals surface area (Å²) < 4.78 is 11.8. The zero-order valence-corrected chi connectivity index (χ0v) is 14.7. The van der Waals surface area contributed by atoms with Gasteiger partial charge in [-0.15, -0.1) is 0 Å². The average molecular weight is 339 g/mol. The van der Waals surface area contributed by atoms with Gasteiger partial charge in [-0.05, 0) is 25.0 Å². The predicted octanol–water partition coefficient (Wildman–Crippen LogP) is 2.71. The normalized spacial score (nSPS) is 22.0. The highest BCUT2D eigenvalue weighted by Gasteiger charge is 2.48. The maximum absolute atomic E-state index is 6.07. The van der Waals surface area contributed by atoms with E-state index < -0.39 is 0 Å². The summed E-state index contributed by atoms with van der Waals surface area (Å²) in [6.45, 7) is 6.78. The molecule has 0 N–H and O–H groups in total. The molecule has 4 rings (SSSR count). The smallest absolute Gasteiger partial charge is 0.123 e. The van der Waals surface area contributed by atoms with E-state index in [1.165, 1.54) is 5.56 Å². The Morgan fingerprint density at radius 2 is 2.04 bits per heavy atom. The van der Waals surface area contributed by atoms with Crippen LogP contribution in [-0.4, -0.2) is 47.3 Å². The Labute approximate surface area is 149 Å². The van der Waals surface area contributed by atoms with Gasteiger partial charge < -0.3 is 9.47 Å². The second-order valence-corrected chi connectivity index (χ2v) is 7.27. The molecule has 0 saturated carbocycles. The summed E-state index contributed by atoms with van der Waals surface area (Å²) in [5, 5.41) is 0. The van der Waals surface area contributed by atoms with Crippen LogP contribution in [0.2, 0.25) is 0 Å². The lowest BCUT2D eigenvalue weighted by Gasteiger charge is -2.47. The Bertz CT molecular complexity index is 701. The molecule has 5 nitrogen and oxygen atoms in total. The van der Waals surface area contributed by atoms with Crippen molar-refractivity contribution in [3.63, 3.8) is 0 Å². The summed E-state index contributed by atoms with van der Waals surface area (Å²) >= 11 is 0. The molecule has 0 bridgehead atoms. The van der Waals surface area contributed by atoms with Gasteiger partial charge in [-0.3, -0.25) is 4.90 Å². The molecule has 0 unspecified atom stereocenters. The van der Waals surface area contributed by atoms with Crippen molar-refractivity contribution in [2.24, 2.45) is 5.41 Å². The van der Waals surface area contributed by atoms with Crippen molar-refractivity contribution in [3.05, 3.63) is 54.1 Å². The molecule has 132 valence electrons. The standard InChI is InChI=1S/C20H25N3O2/c1-2-24-19-6-4-3-5-17(19)11-23-12-20(13-23)8-18(25-14-20)7-16-9-21-15-22-10-16/h3-6,9-10,15,18H,2,7-8,11-14H2,1H3/t18-/m0/s1. The largest absolute Gasteiger partial charge is 0.494 e. The van der Waals surface area contributed by atoms with Gasteiger partial charge in [0.2, 0.25) is 0 Å². The number of ether oxygens (including phenoxy) is 2. The minimum absolute atomic E-state index is 0.295. The summed E-state index contributed by atoms with van der Waals surface area (Å²) in [5.41, 5.74) is 2.77. The van der Waals surface area contributed by atoms with E-state index in [9.17, 15) is 0 Å². The monoisotopic (exact) mass is 339 g/mol. The molecule has 2 fully saturated rings. The quantitative estimate of drug-likeness (QED) is 0.810. The van der Waals surface area contributed by atoms with Crippen LogP contribution in [0.5, 0.6) is 5.75 Å². The fourth-order valence-electron chi connectivity index (χ4n) is 4.13. The summed E-state index contributed by atoms with van der Waals surface area (Å²) in [4.78, 5) is 10.7. The van der Waals surface area contributed by atoms with Gasteiger partial charge in [0.25, 0.3) is 0 Å². The molecule has 3 heterocycles. The lowest BCUT2D eigenvalue weighted by molar-refractivity contribution is -0.0144. The highest BCUT2D eigenvalue weighted by molar-refractivity contribution is 5.33. The molecule has 2 aliphatic rings. The molecular formula is C20H25N3O2. The van der Waals surface area contributed by atoms with E-state index in [0.717, 1.165) is 50.4 Å². The van der Waals surface area contributed by atoms with Crippen molar-refractivity contribution < 1.29 is 9.47 Å². The number of nitrogens with zero attached hydrogens (tertiary/aromatic N) is 3. The van der Waals surface area contributed by atoms with Gasteiger partial charge in [-0.1, -0.05) is 18.2 Å². The van der Waals surface area contributed by atoms with Crippen molar-refractivity contribution in [2.45, 2.75) is 32.4 Å². The van der Waals surface area contributed by atoms with Crippen molar-refractivity contribution in [1.29, 1.82) is 0 Å². The Morgan fingerprint density at radius 3 is 2.84 bits per heavy atom. The average Bonchev–Trinajstić information content (AvgIpc) is 3.01. The molecule has 2 aromatic rings. The van der Waals surface area contributed by atoms with E-state index >= 15 is 0 Å². The van der Waals surface area contributed by atoms with Crippen LogP contribution in [0.4, 0.5) is 0 Å². The van der Waals surface area contributed by atoms with Crippen molar-refractivity contribution in [3.8, 4) is 5.75 Å². The number of likely N-dealkylation sites (tertiary alicyclic amines) is 1. The molecule has 25 heavy (non-hydrogen) atoms. The van der Waals surface area contributed by atoms with Crippen LogP contribution in [-0.2, 0) is 17.7 Å². The summed E-state index contributed by atoms with van der Waals surface area (Å²) in [7, 11) is 0. The second kappa shape index (κ2) is 7.10. The summed E-state index contributed by atoms with van der Waals surface area (Å²) in [6.07, 6.45) is 7.69. The van der Waals surface area contributed by atoms with Crippen LogP contribution < -0.4 is 4.74 Å². The van der Waals surface area contributed by atoms with Crippen LogP contribution in [0.1, 0.15) is 24.5 Å². The summed E-state index contributed by atoms with van der Waals surface area (Å²) in [6, 6.07) is 8.35. The number of aromatic nitrogens is 2. The Balaban J connectivity index is 1.30. The fraction of sp³-hybridized carbons (Fsp3) is 0.500. The van der Waals surface area contributed by atoms with Crippen LogP contribution in [0.3, 0.4) is 0 Å². The van der Waals surface area contributed by atoms with Crippen LogP contribution in [0.25, 0.3) is 0 Å². The van der Waals surface area contributed by atoms with E-state index in [1.807, 2.05) is 25.4 Å². The minimum atomic E-state index is 0.295. The highest BCUT2D eigenvalue weighted by Crippen LogP contribution is 2.42. The van der Waals surface area contributed by atoms with Gasteiger partial charge in [-0.2, -0.15) is 0 Å². The van der Waals surface area contributed by atoms with Crippen LogP contribution in [0, 0.1) is 5.41 Å². The molecule has 0 amide bonds. The van der Waals surface area contributed by atoms with E-state index in [1.54, 1.807) is 6.33 Å². The number of benzene rings is 1. The van der Waals surface area contributed by atoms with Crippen molar-refractivity contribution >= 4 is 0 Å². The first kappa shape index (κ1) is 16.5. The number of hydrogen-bond donors (Lipinski definition) is 0. The third kappa shape index (κ3) is 3.67. The van der Waals surface area contributed by atoms with E-state index in [-0.39, 0.29) is 0 Å². The van der Waals surface area contributed by atoms with Gasteiger partial charge in [0.1, 0.15) is 12.1 Å². The first-order valence-electron chi connectivity index (χ1n) is 9.05.